The zero-order valence-electron chi connectivity index (χ0n) is 18.2. The van der Waals surface area contributed by atoms with Gasteiger partial charge in [-0.1, -0.05) is 86.8 Å². The van der Waals surface area contributed by atoms with Crippen molar-refractivity contribution in [1.29, 1.82) is 0 Å². The first-order valence-electron chi connectivity index (χ1n) is 10.8. The summed E-state index contributed by atoms with van der Waals surface area (Å²) >= 11 is 0. The summed E-state index contributed by atoms with van der Waals surface area (Å²) < 4.78 is 5.08. The minimum absolute atomic E-state index is 0.00967. The van der Waals surface area contributed by atoms with Gasteiger partial charge in [-0.2, -0.15) is 0 Å². The van der Waals surface area contributed by atoms with Gasteiger partial charge >= 0.3 is 5.97 Å². The highest BCUT2D eigenvalue weighted by molar-refractivity contribution is 5.72. The Morgan fingerprint density at radius 3 is 1.39 bits per heavy atom. The number of hydrogen-bond acceptors (Lipinski definition) is 2. The van der Waals surface area contributed by atoms with Crippen molar-refractivity contribution in [1.82, 2.24) is 0 Å². The molecule has 0 aliphatic carbocycles. The predicted molar refractivity (Wildman–Crippen MR) is 123 cm³/mol. The number of ether oxygens (including phenoxy) is 1. The van der Waals surface area contributed by atoms with Crippen LogP contribution in [0.5, 0.6) is 0 Å². The molecule has 0 N–H and O–H groups in total. The summed E-state index contributed by atoms with van der Waals surface area (Å²) in [5.41, 5.74) is 0. The summed E-state index contributed by atoms with van der Waals surface area (Å²) in [7, 11) is 0. The SMILES string of the molecule is CC/C=C\C/C=C\C/C=C\C/C=C\C/C=C\C/C=C/CC(CC)C(=O)OCC. The van der Waals surface area contributed by atoms with Gasteiger partial charge in [0.15, 0.2) is 0 Å². The molecule has 0 heterocycles. The lowest BCUT2D eigenvalue weighted by Crippen LogP contribution is -2.16. The lowest BCUT2D eigenvalue weighted by Gasteiger charge is -2.10. The van der Waals surface area contributed by atoms with Crippen molar-refractivity contribution in [3.63, 3.8) is 0 Å². The highest BCUT2D eigenvalue weighted by Crippen LogP contribution is 2.11. The summed E-state index contributed by atoms with van der Waals surface area (Å²) in [6, 6.07) is 0. The molecule has 28 heavy (non-hydrogen) atoms. The molecule has 0 spiro atoms. The van der Waals surface area contributed by atoms with Gasteiger partial charge in [0.1, 0.15) is 0 Å². The van der Waals surface area contributed by atoms with Gasteiger partial charge in [0.05, 0.1) is 12.5 Å². The van der Waals surface area contributed by atoms with Crippen molar-refractivity contribution < 1.29 is 9.53 Å². The zero-order chi connectivity index (χ0) is 20.7. The van der Waals surface area contributed by atoms with E-state index in [0.717, 1.165) is 51.4 Å². The second-order valence-electron chi connectivity index (χ2n) is 6.51. The Morgan fingerprint density at radius 1 is 0.643 bits per heavy atom. The van der Waals surface area contributed by atoms with E-state index in [1.54, 1.807) is 0 Å². The van der Waals surface area contributed by atoms with Gasteiger partial charge in [0, 0.05) is 0 Å². The van der Waals surface area contributed by atoms with Crippen molar-refractivity contribution in [3.05, 3.63) is 72.9 Å². The van der Waals surface area contributed by atoms with Gasteiger partial charge in [-0.3, -0.25) is 4.79 Å². The van der Waals surface area contributed by atoms with Crippen molar-refractivity contribution in [3.8, 4) is 0 Å². The molecule has 0 saturated heterocycles. The third-order valence-corrected chi connectivity index (χ3v) is 4.13. The molecule has 0 fully saturated rings. The number of hydrogen-bond donors (Lipinski definition) is 0. The molecule has 0 aromatic rings. The van der Waals surface area contributed by atoms with Crippen molar-refractivity contribution >= 4 is 5.97 Å². The molecule has 0 aromatic carbocycles. The van der Waals surface area contributed by atoms with Crippen LogP contribution in [0.25, 0.3) is 0 Å². The van der Waals surface area contributed by atoms with E-state index in [1.165, 1.54) is 0 Å². The molecule has 0 rings (SSSR count). The number of rotatable bonds is 16. The van der Waals surface area contributed by atoms with Crippen molar-refractivity contribution in [2.75, 3.05) is 6.61 Å². The van der Waals surface area contributed by atoms with E-state index >= 15 is 0 Å². The topological polar surface area (TPSA) is 26.3 Å². The van der Waals surface area contributed by atoms with Gasteiger partial charge in [-0.15, -0.1) is 0 Å². The molecule has 0 radical (unpaired) electrons. The van der Waals surface area contributed by atoms with Crippen LogP contribution in [0.4, 0.5) is 0 Å². The van der Waals surface area contributed by atoms with Crippen LogP contribution in [0.1, 0.15) is 72.1 Å². The second-order valence-corrected chi connectivity index (χ2v) is 6.51. The standard InChI is InChI=1S/C26H40O2/c1-4-7-8-9-10-11-12-13-14-15-16-17-18-19-20-21-22-23-24-25(5-2)26(27)28-6-3/h7-8,10-11,13-14,16-17,19-20,22-23,25H,4-6,9,12,15,18,21,24H2,1-3H3/b8-7-,11-10-,14-13-,17-16-,20-19-,23-22+. The maximum atomic E-state index is 11.7. The molecule has 2 heteroatoms. The molecule has 0 saturated carbocycles. The fraction of sp³-hybridized carbons (Fsp3) is 0.500. The first-order chi connectivity index (χ1) is 13.8. The van der Waals surface area contributed by atoms with Crippen LogP contribution in [0.15, 0.2) is 72.9 Å². The van der Waals surface area contributed by atoms with E-state index in [4.69, 9.17) is 4.74 Å². The van der Waals surface area contributed by atoms with Crippen LogP contribution in [-0.4, -0.2) is 12.6 Å². The summed E-state index contributed by atoms with van der Waals surface area (Å²) in [5.74, 6) is -0.0888. The van der Waals surface area contributed by atoms with E-state index in [1.807, 2.05) is 13.8 Å². The minimum atomic E-state index is -0.0791. The Balaban J connectivity index is 3.74. The summed E-state index contributed by atoms with van der Waals surface area (Å²) in [5, 5.41) is 0. The number of allylic oxidation sites excluding steroid dienone is 12. The molecule has 0 aliphatic heterocycles. The molecule has 1 atom stereocenters. The average Bonchev–Trinajstić information content (AvgIpc) is 2.70. The fourth-order valence-electron chi connectivity index (χ4n) is 2.47. The van der Waals surface area contributed by atoms with Gasteiger partial charge in [-0.25, -0.2) is 0 Å². The molecular weight excluding hydrogens is 344 g/mol. The Labute approximate surface area is 173 Å². The average molecular weight is 385 g/mol. The summed E-state index contributed by atoms with van der Waals surface area (Å²) in [4.78, 5) is 11.7. The highest BCUT2D eigenvalue weighted by atomic mass is 16.5. The first-order valence-corrected chi connectivity index (χ1v) is 10.8. The van der Waals surface area contributed by atoms with Gasteiger partial charge in [0.2, 0.25) is 0 Å². The third kappa shape index (κ3) is 17.3. The highest BCUT2D eigenvalue weighted by Gasteiger charge is 2.15. The largest absolute Gasteiger partial charge is 0.466 e. The molecule has 1 unspecified atom stereocenters. The third-order valence-electron chi connectivity index (χ3n) is 4.13. The Morgan fingerprint density at radius 2 is 1.04 bits per heavy atom. The Hall–Kier alpha value is -2.09. The quantitative estimate of drug-likeness (QED) is 0.202. The van der Waals surface area contributed by atoms with Crippen LogP contribution in [0.2, 0.25) is 0 Å². The minimum Gasteiger partial charge on any atom is -0.466 e. The normalized spacial score (nSPS) is 14.0. The number of esters is 1. The van der Waals surface area contributed by atoms with Crippen LogP contribution < -0.4 is 0 Å². The number of carbonyl (C=O) groups excluding carboxylic acids is 1. The van der Waals surface area contributed by atoms with E-state index in [0.29, 0.717) is 6.61 Å². The van der Waals surface area contributed by atoms with Crippen LogP contribution in [0.3, 0.4) is 0 Å². The molecule has 0 aromatic heterocycles. The van der Waals surface area contributed by atoms with Crippen molar-refractivity contribution in [2.24, 2.45) is 5.92 Å². The van der Waals surface area contributed by atoms with E-state index < -0.39 is 0 Å². The lowest BCUT2D eigenvalue weighted by atomic mass is 10.0. The van der Waals surface area contributed by atoms with Crippen LogP contribution >= 0.6 is 0 Å². The van der Waals surface area contributed by atoms with Crippen molar-refractivity contribution in [2.45, 2.75) is 72.1 Å². The molecular formula is C26H40O2. The second kappa shape index (κ2) is 21.2. The Bertz CT molecular complexity index is 533. The summed E-state index contributed by atoms with van der Waals surface area (Å²) in [6.45, 7) is 6.49. The molecule has 2 nitrogen and oxygen atoms in total. The monoisotopic (exact) mass is 384 g/mol. The maximum Gasteiger partial charge on any atom is 0.309 e. The summed E-state index contributed by atoms with van der Waals surface area (Å²) in [6.07, 6.45) is 33.8. The van der Waals surface area contributed by atoms with Gasteiger partial charge in [0.25, 0.3) is 0 Å². The fourth-order valence-corrected chi connectivity index (χ4v) is 2.47. The van der Waals surface area contributed by atoms with Crippen LogP contribution in [-0.2, 0) is 9.53 Å². The predicted octanol–water partition coefficient (Wildman–Crippen LogP) is 7.66. The molecule has 156 valence electrons. The zero-order valence-corrected chi connectivity index (χ0v) is 18.2. The van der Waals surface area contributed by atoms with E-state index in [-0.39, 0.29) is 11.9 Å². The Kier molecular flexibility index (Phi) is 19.6. The molecule has 0 aliphatic rings. The van der Waals surface area contributed by atoms with Crippen LogP contribution in [0, 0.1) is 5.92 Å². The first kappa shape index (κ1) is 25.9. The maximum absolute atomic E-state index is 11.7. The number of carbonyl (C=O) groups is 1. The smallest absolute Gasteiger partial charge is 0.309 e. The molecule has 0 bridgehead atoms. The van der Waals surface area contributed by atoms with Gasteiger partial charge < -0.3 is 4.74 Å². The van der Waals surface area contributed by atoms with E-state index in [9.17, 15) is 4.79 Å². The van der Waals surface area contributed by atoms with Gasteiger partial charge in [-0.05, 0) is 58.3 Å². The lowest BCUT2D eigenvalue weighted by molar-refractivity contribution is -0.148. The molecule has 0 amide bonds. The van der Waals surface area contributed by atoms with E-state index in [2.05, 4.69) is 79.8 Å².